The fraction of sp³-hybridized carbons (Fsp3) is 0.500. The number of piperazine rings is 1. The van der Waals surface area contributed by atoms with Gasteiger partial charge >= 0.3 is 0 Å². The van der Waals surface area contributed by atoms with Crippen molar-refractivity contribution in [3.8, 4) is 5.75 Å². The molecule has 6 heteroatoms. The Labute approximate surface area is 130 Å². The van der Waals surface area contributed by atoms with Crippen LogP contribution in [-0.4, -0.2) is 55.0 Å². The van der Waals surface area contributed by atoms with Crippen molar-refractivity contribution in [3.05, 3.63) is 30.3 Å². The first kappa shape index (κ1) is 16.3. The van der Waals surface area contributed by atoms with Crippen LogP contribution in [0.3, 0.4) is 0 Å². The molecule has 1 heterocycles. The van der Waals surface area contributed by atoms with Gasteiger partial charge in [0.15, 0.2) is 6.61 Å². The van der Waals surface area contributed by atoms with Gasteiger partial charge in [-0.1, -0.05) is 18.2 Å². The van der Waals surface area contributed by atoms with Crippen LogP contribution in [0.4, 0.5) is 0 Å². The van der Waals surface area contributed by atoms with E-state index in [1.807, 2.05) is 25.1 Å². The molecule has 2 rings (SSSR count). The van der Waals surface area contributed by atoms with Gasteiger partial charge in [-0.25, -0.2) is 0 Å². The van der Waals surface area contributed by atoms with Crippen LogP contribution in [0.2, 0.25) is 0 Å². The highest BCUT2D eigenvalue weighted by Gasteiger charge is 2.27. The summed E-state index contributed by atoms with van der Waals surface area (Å²) in [4.78, 5) is 26.0. The van der Waals surface area contributed by atoms with E-state index in [1.165, 1.54) is 0 Å². The Bertz CT molecular complexity index is 507. The lowest BCUT2D eigenvalue weighted by Crippen LogP contribution is -2.57. The van der Waals surface area contributed by atoms with E-state index >= 15 is 0 Å². The molecule has 1 unspecified atom stereocenters. The zero-order valence-electron chi connectivity index (χ0n) is 13.0. The number of carbonyl (C=O) groups is 2. The Morgan fingerprint density at radius 2 is 2.14 bits per heavy atom. The summed E-state index contributed by atoms with van der Waals surface area (Å²) >= 11 is 0. The first-order valence-electron chi connectivity index (χ1n) is 7.56. The minimum atomic E-state index is -0.549. The van der Waals surface area contributed by atoms with Crippen molar-refractivity contribution >= 4 is 11.8 Å². The molecular weight excluding hydrogens is 282 g/mol. The van der Waals surface area contributed by atoms with Crippen molar-refractivity contribution in [2.24, 2.45) is 0 Å². The Morgan fingerprint density at radius 3 is 2.82 bits per heavy atom. The van der Waals surface area contributed by atoms with Crippen LogP contribution in [0.25, 0.3) is 0 Å². The van der Waals surface area contributed by atoms with Gasteiger partial charge in [0, 0.05) is 25.7 Å². The highest BCUT2D eigenvalue weighted by atomic mass is 16.5. The van der Waals surface area contributed by atoms with E-state index in [0.717, 1.165) is 13.1 Å². The number of amides is 2. The normalized spacial score (nSPS) is 19.4. The summed E-state index contributed by atoms with van der Waals surface area (Å²) in [5.41, 5.74) is 0. The van der Waals surface area contributed by atoms with Crippen LogP contribution in [-0.2, 0) is 9.59 Å². The van der Waals surface area contributed by atoms with E-state index < -0.39 is 6.04 Å². The SMILES string of the molecule is CC(NC(=O)COc1ccccc1)C(=O)N1CCNC[C@H]1C. The molecule has 6 nitrogen and oxygen atoms in total. The second-order valence-corrected chi connectivity index (χ2v) is 5.48. The summed E-state index contributed by atoms with van der Waals surface area (Å²) in [6.07, 6.45) is 0. The van der Waals surface area contributed by atoms with Gasteiger partial charge in [-0.3, -0.25) is 9.59 Å². The Morgan fingerprint density at radius 1 is 1.41 bits per heavy atom. The van der Waals surface area contributed by atoms with Gasteiger partial charge in [0.05, 0.1) is 0 Å². The zero-order valence-corrected chi connectivity index (χ0v) is 13.0. The number of rotatable bonds is 5. The van der Waals surface area contributed by atoms with E-state index in [4.69, 9.17) is 4.74 Å². The fourth-order valence-corrected chi connectivity index (χ4v) is 2.43. The monoisotopic (exact) mass is 305 g/mol. The van der Waals surface area contributed by atoms with Gasteiger partial charge in [0.25, 0.3) is 5.91 Å². The third-order valence-corrected chi connectivity index (χ3v) is 3.65. The molecule has 0 saturated carbocycles. The van der Waals surface area contributed by atoms with E-state index in [1.54, 1.807) is 24.0 Å². The minimum Gasteiger partial charge on any atom is -0.484 e. The molecule has 120 valence electrons. The number of nitrogens with one attached hydrogen (secondary N) is 2. The molecule has 1 saturated heterocycles. The summed E-state index contributed by atoms with van der Waals surface area (Å²) in [5.74, 6) is 0.280. The van der Waals surface area contributed by atoms with Gasteiger partial charge in [-0.15, -0.1) is 0 Å². The number of benzene rings is 1. The molecular formula is C16H23N3O3. The molecule has 0 spiro atoms. The van der Waals surface area contributed by atoms with Crippen LogP contribution < -0.4 is 15.4 Å². The van der Waals surface area contributed by atoms with Crippen LogP contribution >= 0.6 is 0 Å². The van der Waals surface area contributed by atoms with Crippen molar-refractivity contribution in [1.82, 2.24) is 15.5 Å². The summed E-state index contributed by atoms with van der Waals surface area (Å²) in [6.45, 7) is 5.84. The summed E-state index contributed by atoms with van der Waals surface area (Å²) in [5, 5.41) is 5.93. The molecule has 1 fully saturated rings. The van der Waals surface area contributed by atoms with Gasteiger partial charge < -0.3 is 20.3 Å². The first-order chi connectivity index (χ1) is 10.6. The van der Waals surface area contributed by atoms with Crippen LogP contribution in [0, 0.1) is 0 Å². The highest BCUT2D eigenvalue weighted by Crippen LogP contribution is 2.08. The molecule has 0 radical (unpaired) electrons. The lowest BCUT2D eigenvalue weighted by Gasteiger charge is -2.35. The third kappa shape index (κ3) is 4.46. The second-order valence-electron chi connectivity index (χ2n) is 5.48. The third-order valence-electron chi connectivity index (χ3n) is 3.65. The Kier molecular flexibility index (Phi) is 5.77. The van der Waals surface area contributed by atoms with Crippen LogP contribution in [0.1, 0.15) is 13.8 Å². The minimum absolute atomic E-state index is 0.0536. The predicted molar refractivity (Wildman–Crippen MR) is 83.6 cm³/mol. The largest absolute Gasteiger partial charge is 0.484 e. The molecule has 0 aliphatic carbocycles. The van der Waals surface area contributed by atoms with Crippen molar-refractivity contribution in [2.45, 2.75) is 25.9 Å². The smallest absolute Gasteiger partial charge is 0.258 e. The van der Waals surface area contributed by atoms with E-state index in [9.17, 15) is 9.59 Å². The van der Waals surface area contributed by atoms with Crippen molar-refractivity contribution in [3.63, 3.8) is 0 Å². The summed E-state index contributed by atoms with van der Waals surface area (Å²) < 4.78 is 5.37. The van der Waals surface area contributed by atoms with Gasteiger partial charge in [0.1, 0.15) is 11.8 Å². The lowest BCUT2D eigenvalue weighted by atomic mass is 10.1. The summed E-state index contributed by atoms with van der Waals surface area (Å²) in [6, 6.07) is 8.71. The van der Waals surface area contributed by atoms with Crippen molar-refractivity contribution in [1.29, 1.82) is 0 Å². The van der Waals surface area contributed by atoms with E-state index in [0.29, 0.717) is 12.3 Å². The standard InChI is InChI=1S/C16H23N3O3/c1-12-10-17-8-9-19(12)16(21)13(2)18-15(20)11-22-14-6-4-3-5-7-14/h3-7,12-13,17H,8-11H2,1-2H3,(H,18,20)/t12-,13?/m1/s1. The first-order valence-corrected chi connectivity index (χ1v) is 7.56. The molecule has 0 bridgehead atoms. The molecule has 0 aromatic heterocycles. The molecule has 1 aliphatic heterocycles. The van der Waals surface area contributed by atoms with E-state index in [2.05, 4.69) is 10.6 Å². The number of carbonyl (C=O) groups excluding carboxylic acids is 2. The van der Waals surface area contributed by atoms with Gasteiger partial charge in [-0.05, 0) is 26.0 Å². The Balaban J connectivity index is 1.79. The second kappa shape index (κ2) is 7.79. The predicted octanol–water partition coefficient (Wildman–Crippen LogP) is 0.390. The highest BCUT2D eigenvalue weighted by molar-refractivity contribution is 5.88. The number of para-hydroxylation sites is 1. The maximum Gasteiger partial charge on any atom is 0.258 e. The molecule has 22 heavy (non-hydrogen) atoms. The number of hydrogen-bond acceptors (Lipinski definition) is 4. The topological polar surface area (TPSA) is 70.7 Å². The fourth-order valence-electron chi connectivity index (χ4n) is 2.43. The Hall–Kier alpha value is -2.08. The van der Waals surface area contributed by atoms with Crippen LogP contribution in [0.5, 0.6) is 5.75 Å². The molecule has 2 atom stereocenters. The summed E-state index contributed by atoms with van der Waals surface area (Å²) in [7, 11) is 0. The van der Waals surface area contributed by atoms with Crippen LogP contribution in [0.15, 0.2) is 30.3 Å². The molecule has 2 N–H and O–H groups in total. The average molecular weight is 305 g/mol. The van der Waals surface area contributed by atoms with E-state index in [-0.39, 0.29) is 24.5 Å². The molecule has 2 amide bonds. The maximum atomic E-state index is 12.4. The number of ether oxygens (including phenoxy) is 1. The maximum absolute atomic E-state index is 12.4. The van der Waals surface area contributed by atoms with Gasteiger partial charge in [0.2, 0.25) is 5.91 Å². The lowest BCUT2D eigenvalue weighted by molar-refractivity contribution is -0.138. The number of hydrogen-bond donors (Lipinski definition) is 2. The molecule has 1 aliphatic rings. The molecule has 1 aromatic rings. The number of nitrogens with zero attached hydrogens (tertiary/aromatic N) is 1. The quantitative estimate of drug-likeness (QED) is 0.825. The van der Waals surface area contributed by atoms with Crippen molar-refractivity contribution < 1.29 is 14.3 Å². The van der Waals surface area contributed by atoms with Crippen molar-refractivity contribution in [2.75, 3.05) is 26.2 Å². The van der Waals surface area contributed by atoms with Gasteiger partial charge in [-0.2, -0.15) is 0 Å². The molecule has 1 aromatic carbocycles. The average Bonchev–Trinajstić information content (AvgIpc) is 2.53. The zero-order chi connectivity index (χ0) is 15.9.